The van der Waals surface area contributed by atoms with Gasteiger partial charge in [-0.05, 0) is 0 Å². The van der Waals surface area contributed by atoms with Gasteiger partial charge in [-0.3, -0.25) is 0 Å². The fourth-order valence-corrected chi connectivity index (χ4v) is 0.154. The van der Waals surface area contributed by atoms with Gasteiger partial charge in [-0.25, -0.2) is 9.90 Å². The first kappa shape index (κ1) is 6.23. The summed E-state index contributed by atoms with van der Waals surface area (Å²) in [4.78, 5) is 9.99. The van der Waals surface area contributed by atoms with Gasteiger partial charge in [-0.2, -0.15) is 0 Å². The lowest BCUT2D eigenvalue weighted by Gasteiger charge is -1.94. The summed E-state index contributed by atoms with van der Waals surface area (Å²) in [6.07, 6.45) is 0. The molecule has 2 amide bonds. The quantitative estimate of drug-likeness (QED) is 0.424. The van der Waals surface area contributed by atoms with Crippen molar-refractivity contribution in [2.75, 3.05) is 13.8 Å². The zero-order valence-electron chi connectivity index (χ0n) is 4.02. The molecule has 0 unspecified atom stereocenters. The Morgan fingerprint density at radius 2 is 2.29 bits per heavy atom. The highest BCUT2D eigenvalue weighted by molar-refractivity contribution is 5.73. The van der Waals surface area contributed by atoms with Gasteiger partial charge in [-0.1, -0.05) is 0 Å². The first-order chi connectivity index (χ1) is 3.31. The largest absolute Gasteiger partial charge is 0.341 e. The summed E-state index contributed by atoms with van der Waals surface area (Å²) in [5.41, 5.74) is 0. The average molecular weight is 103 g/mol. The van der Waals surface area contributed by atoms with Gasteiger partial charge in [0.05, 0.1) is 0 Å². The van der Waals surface area contributed by atoms with Crippen molar-refractivity contribution in [2.45, 2.75) is 0 Å². The number of hydrogen-bond acceptors (Lipinski definition) is 1. The monoisotopic (exact) mass is 103 g/mol. The Labute approximate surface area is 41.5 Å². The van der Waals surface area contributed by atoms with Gasteiger partial charge in [0, 0.05) is 7.05 Å². The van der Waals surface area contributed by atoms with Crippen molar-refractivity contribution in [1.29, 1.82) is 0 Å². The normalized spacial score (nSPS) is 7.71. The summed E-state index contributed by atoms with van der Waals surface area (Å²) >= 11 is 0. The molecule has 0 heterocycles. The van der Waals surface area contributed by atoms with E-state index >= 15 is 0 Å². The minimum absolute atomic E-state index is 0.435. The van der Waals surface area contributed by atoms with E-state index in [-0.39, 0.29) is 0 Å². The second-order valence-corrected chi connectivity index (χ2v) is 0.900. The third kappa shape index (κ3) is 3.05. The summed E-state index contributed by atoms with van der Waals surface area (Å²) in [5, 5.41) is 13.7. The van der Waals surface area contributed by atoms with Crippen LogP contribution in [0.5, 0.6) is 0 Å². The first-order valence-electron chi connectivity index (χ1n) is 1.85. The summed E-state index contributed by atoms with van der Waals surface area (Å²) in [6.45, 7) is -0.570. The minimum atomic E-state index is -0.570. The fraction of sp³-hybridized carbons (Fsp3) is 0.667. The van der Waals surface area contributed by atoms with Crippen molar-refractivity contribution in [2.24, 2.45) is 0 Å². The number of hydrogen-bond donors (Lipinski definition) is 2. The molecule has 7 heavy (non-hydrogen) atoms. The second kappa shape index (κ2) is 3.42. The highest BCUT2D eigenvalue weighted by Gasteiger charge is 1.88. The summed E-state index contributed by atoms with van der Waals surface area (Å²) in [5.74, 6) is 0. The summed E-state index contributed by atoms with van der Waals surface area (Å²) in [6, 6.07) is -0.435. The smallest absolute Gasteiger partial charge is 0.316 e. The molecule has 4 heteroatoms. The molecular formula is C3H7N2O2. The lowest BCUT2D eigenvalue weighted by Crippen LogP contribution is -2.32. The number of carbonyl (C=O) groups is 1. The maximum atomic E-state index is 9.99. The molecule has 4 nitrogen and oxygen atoms in total. The van der Waals surface area contributed by atoms with Crippen LogP contribution in [0.3, 0.4) is 0 Å². The van der Waals surface area contributed by atoms with Crippen LogP contribution in [-0.4, -0.2) is 19.8 Å². The van der Waals surface area contributed by atoms with Gasteiger partial charge in [0.2, 0.25) is 0 Å². The highest BCUT2D eigenvalue weighted by atomic mass is 16.3. The van der Waals surface area contributed by atoms with Crippen LogP contribution in [-0.2, 0) is 5.11 Å². The Balaban J connectivity index is 3.00. The van der Waals surface area contributed by atoms with Gasteiger partial charge in [0.15, 0.2) is 6.73 Å². The number of amides is 2. The van der Waals surface area contributed by atoms with Crippen LogP contribution < -0.4 is 10.6 Å². The molecule has 0 aliphatic rings. The number of carbonyl (C=O) groups excluding carboxylic acids is 1. The number of urea groups is 1. The van der Waals surface area contributed by atoms with E-state index in [9.17, 15) is 9.90 Å². The van der Waals surface area contributed by atoms with E-state index in [1.807, 2.05) is 5.32 Å². The third-order valence-corrected chi connectivity index (χ3v) is 0.460. The van der Waals surface area contributed by atoms with E-state index in [0.717, 1.165) is 0 Å². The Morgan fingerprint density at radius 3 is 2.43 bits per heavy atom. The number of nitrogens with one attached hydrogen (secondary N) is 2. The molecule has 0 aromatic carbocycles. The Bertz CT molecular complexity index is 64.0. The molecule has 0 atom stereocenters. The SMILES string of the molecule is CNC(=O)NC[O]. The van der Waals surface area contributed by atoms with Gasteiger partial charge in [-0.15, -0.1) is 0 Å². The molecule has 0 rings (SSSR count). The first-order valence-corrected chi connectivity index (χ1v) is 1.85. The highest BCUT2D eigenvalue weighted by Crippen LogP contribution is 1.54. The molecule has 0 aliphatic carbocycles. The van der Waals surface area contributed by atoms with E-state index in [4.69, 9.17) is 0 Å². The van der Waals surface area contributed by atoms with Gasteiger partial charge in [0.25, 0.3) is 0 Å². The number of rotatable bonds is 1. The topological polar surface area (TPSA) is 61.0 Å². The second-order valence-electron chi connectivity index (χ2n) is 0.900. The molecule has 2 N–H and O–H groups in total. The molecule has 0 aliphatic heterocycles. The van der Waals surface area contributed by atoms with E-state index in [2.05, 4.69) is 5.32 Å². The van der Waals surface area contributed by atoms with Gasteiger partial charge in [0.1, 0.15) is 0 Å². The van der Waals surface area contributed by atoms with E-state index in [1.54, 1.807) is 0 Å². The van der Waals surface area contributed by atoms with Crippen molar-refractivity contribution in [3.63, 3.8) is 0 Å². The molecule has 0 bridgehead atoms. The summed E-state index contributed by atoms with van der Waals surface area (Å²) < 4.78 is 0. The molecular weight excluding hydrogens is 96.0 g/mol. The molecule has 1 radical (unpaired) electrons. The third-order valence-electron chi connectivity index (χ3n) is 0.460. The van der Waals surface area contributed by atoms with Gasteiger partial charge < -0.3 is 10.6 Å². The van der Waals surface area contributed by atoms with E-state index in [0.29, 0.717) is 0 Å². The molecule has 0 saturated heterocycles. The van der Waals surface area contributed by atoms with Crippen LogP contribution in [0.25, 0.3) is 0 Å². The molecule has 0 aromatic rings. The Kier molecular flexibility index (Phi) is 3.04. The van der Waals surface area contributed by atoms with Crippen molar-refractivity contribution in [3.05, 3.63) is 0 Å². The zero-order chi connectivity index (χ0) is 5.70. The van der Waals surface area contributed by atoms with Crippen LogP contribution >= 0.6 is 0 Å². The summed E-state index contributed by atoms with van der Waals surface area (Å²) in [7, 11) is 1.45. The van der Waals surface area contributed by atoms with Crippen molar-refractivity contribution < 1.29 is 9.90 Å². The molecule has 41 valence electrons. The van der Waals surface area contributed by atoms with Crippen molar-refractivity contribution >= 4 is 6.03 Å². The molecule has 0 spiro atoms. The van der Waals surface area contributed by atoms with Crippen molar-refractivity contribution in [1.82, 2.24) is 10.6 Å². The van der Waals surface area contributed by atoms with Crippen molar-refractivity contribution in [3.8, 4) is 0 Å². The zero-order valence-corrected chi connectivity index (χ0v) is 4.02. The maximum absolute atomic E-state index is 9.99. The molecule has 0 saturated carbocycles. The van der Waals surface area contributed by atoms with E-state index in [1.165, 1.54) is 7.05 Å². The fourth-order valence-electron chi connectivity index (χ4n) is 0.154. The Hall–Kier alpha value is -0.770. The van der Waals surface area contributed by atoms with Crippen LogP contribution in [0.15, 0.2) is 0 Å². The molecule has 0 fully saturated rings. The minimum Gasteiger partial charge on any atom is -0.341 e. The van der Waals surface area contributed by atoms with Crippen LogP contribution in [0.1, 0.15) is 0 Å². The standard InChI is InChI=1S/C3H7N2O2/c1-4-3(7)5-2-6/h2H2,1H3,(H2,4,5,7). The predicted molar refractivity (Wildman–Crippen MR) is 23.1 cm³/mol. The predicted octanol–water partition coefficient (Wildman–Crippen LogP) is -0.697. The van der Waals surface area contributed by atoms with Gasteiger partial charge >= 0.3 is 6.03 Å². The average Bonchev–Trinajstić information content (AvgIpc) is 1.68. The van der Waals surface area contributed by atoms with Crippen LogP contribution in [0.2, 0.25) is 0 Å². The van der Waals surface area contributed by atoms with E-state index < -0.39 is 12.8 Å². The lowest BCUT2D eigenvalue weighted by molar-refractivity contribution is 0.167. The van der Waals surface area contributed by atoms with Crippen LogP contribution in [0.4, 0.5) is 4.79 Å². The lowest BCUT2D eigenvalue weighted by atomic mass is 10.9. The van der Waals surface area contributed by atoms with Crippen LogP contribution in [0, 0.1) is 0 Å². The molecule has 0 aromatic heterocycles. The maximum Gasteiger partial charge on any atom is 0.316 e. The Morgan fingerprint density at radius 1 is 1.71 bits per heavy atom.